The zero-order valence-corrected chi connectivity index (χ0v) is 23.5. The molecule has 41 heavy (non-hydrogen) atoms. The van der Waals surface area contributed by atoms with Crippen LogP contribution in [0.5, 0.6) is 0 Å². The van der Waals surface area contributed by atoms with Crippen LogP contribution in [0.4, 0.5) is 18.9 Å². The number of hydrogen-bond donors (Lipinski definition) is 1. The highest BCUT2D eigenvalue weighted by Gasteiger charge is 2.39. The molecule has 2 aliphatic heterocycles. The zero-order chi connectivity index (χ0) is 29.3. The van der Waals surface area contributed by atoms with Crippen LogP contribution in [-0.2, 0) is 16.0 Å². The molecule has 5 rings (SSSR count). The van der Waals surface area contributed by atoms with Crippen LogP contribution < -0.4 is 4.90 Å². The van der Waals surface area contributed by atoms with Gasteiger partial charge in [-0.3, -0.25) is 4.90 Å². The fraction of sp³-hybridized carbons (Fsp3) is 0.364. The van der Waals surface area contributed by atoms with Crippen molar-refractivity contribution in [2.45, 2.75) is 44.9 Å². The Morgan fingerprint density at radius 1 is 1.02 bits per heavy atom. The van der Waals surface area contributed by atoms with Crippen LogP contribution in [0, 0.1) is 11.6 Å². The van der Waals surface area contributed by atoms with Crippen molar-refractivity contribution in [2.24, 2.45) is 0 Å². The molecule has 0 bridgehead atoms. The predicted molar refractivity (Wildman–Crippen MR) is 155 cm³/mol. The SMILES string of the molecule is CC1Cc2cc(-c3ccc(N4CCOCC4)cc3)ccc2C(c2c(F)cc(/C=C/C(=O)O)cc2F)N1CC(C)(C)F. The largest absolute Gasteiger partial charge is 0.478 e. The van der Waals surface area contributed by atoms with E-state index in [1.807, 2.05) is 24.0 Å². The highest BCUT2D eigenvalue weighted by molar-refractivity contribution is 5.85. The van der Waals surface area contributed by atoms with Gasteiger partial charge in [-0.1, -0.05) is 30.3 Å². The van der Waals surface area contributed by atoms with Crippen molar-refractivity contribution >= 4 is 17.7 Å². The molecule has 5 nitrogen and oxygen atoms in total. The molecule has 1 fully saturated rings. The summed E-state index contributed by atoms with van der Waals surface area (Å²) in [5, 5.41) is 8.91. The average Bonchev–Trinajstić information content (AvgIpc) is 2.92. The highest BCUT2D eigenvalue weighted by atomic mass is 19.1. The van der Waals surface area contributed by atoms with Crippen molar-refractivity contribution < 1.29 is 27.8 Å². The highest BCUT2D eigenvalue weighted by Crippen LogP contribution is 2.42. The number of anilines is 1. The third kappa shape index (κ3) is 6.49. The van der Waals surface area contributed by atoms with Gasteiger partial charge in [-0.15, -0.1) is 0 Å². The van der Waals surface area contributed by atoms with Crippen molar-refractivity contribution in [3.8, 4) is 11.1 Å². The van der Waals surface area contributed by atoms with Crippen LogP contribution in [0.3, 0.4) is 0 Å². The van der Waals surface area contributed by atoms with Gasteiger partial charge in [0.25, 0.3) is 0 Å². The maximum absolute atomic E-state index is 15.6. The molecule has 3 aromatic rings. The van der Waals surface area contributed by atoms with Gasteiger partial charge in [0.1, 0.15) is 17.3 Å². The van der Waals surface area contributed by atoms with Gasteiger partial charge in [0, 0.05) is 43.0 Å². The molecule has 2 atom stereocenters. The number of carboxylic acids is 1. The molecule has 216 valence electrons. The molecule has 0 saturated carbocycles. The van der Waals surface area contributed by atoms with Gasteiger partial charge in [-0.2, -0.15) is 0 Å². The molecule has 2 heterocycles. The number of halogens is 3. The fourth-order valence-corrected chi connectivity index (χ4v) is 5.92. The topological polar surface area (TPSA) is 53.0 Å². The molecule has 1 saturated heterocycles. The Morgan fingerprint density at radius 2 is 1.66 bits per heavy atom. The summed E-state index contributed by atoms with van der Waals surface area (Å²) in [6.07, 6.45) is 2.58. The van der Waals surface area contributed by atoms with E-state index in [2.05, 4.69) is 35.2 Å². The lowest BCUT2D eigenvalue weighted by Crippen LogP contribution is -2.48. The Balaban J connectivity index is 1.54. The first-order chi connectivity index (χ1) is 19.5. The molecule has 0 spiro atoms. The summed E-state index contributed by atoms with van der Waals surface area (Å²) in [6, 6.07) is 15.5. The Labute approximate surface area is 238 Å². The summed E-state index contributed by atoms with van der Waals surface area (Å²) in [5.74, 6) is -2.82. The summed E-state index contributed by atoms with van der Waals surface area (Å²) >= 11 is 0. The molecular weight excluding hydrogens is 529 g/mol. The minimum atomic E-state index is -1.59. The van der Waals surface area contributed by atoms with Crippen molar-refractivity contribution in [3.63, 3.8) is 0 Å². The Kier molecular flexibility index (Phi) is 8.25. The third-order valence-corrected chi connectivity index (χ3v) is 7.78. The van der Waals surface area contributed by atoms with E-state index in [1.54, 1.807) is 0 Å². The van der Waals surface area contributed by atoms with E-state index in [1.165, 1.54) is 13.8 Å². The molecular formula is C33H35F3N2O3. The molecule has 2 aliphatic rings. The van der Waals surface area contributed by atoms with Crippen LogP contribution in [-0.4, -0.2) is 60.5 Å². The van der Waals surface area contributed by atoms with Gasteiger partial charge >= 0.3 is 5.97 Å². The van der Waals surface area contributed by atoms with E-state index in [-0.39, 0.29) is 23.7 Å². The van der Waals surface area contributed by atoms with Crippen molar-refractivity contribution in [2.75, 3.05) is 37.7 Å². The number of alkyl halides is 1. The van der Waals surface area contributed by atoms with E-state index >= 15 is 13.2 Å². The van der Waals surface area contributed by atoms with Gasteiger partial charge in [0.15, 0.2) is 0 Å². The number of aliphatic carboxylic acids is 1. The Hall–Kier alpha value is -3.62. The van der Waals surface area contributed by atoms with Crippen molar-refractivity contribution in [1.82, 2.24) is 4.90 Å². The van der Waals surface area contributed by atoms with Gasteiger partial charge in [0.2, 0.25) is 0 Å². The molecule has 0 aromatic heterocycles. The first-order valence-corrected chi connectivity index (χ1v) is 13.9. The minimum absolute atomic E-state index is 0.0113. The Morgan fingerprint density at radius 3 is 2.27 bits per heavy atom. The Bertz CT molecular complexity index is 1420. The lowest BCUT2D eigenvalue weighted by atomic mass is 9.82. The van der Waals surface area contributed by atoms with Gasteiger partial charge in [0.05, 0.1) is 19.3 Å². The summed E-state index contributed by atoms with van der Waals surface area (Å²) in [7, 11) is 0. The van der Waals surface area contributed by atoms with Crippen LogP contribution in [0.2, 0.25) is 0 Å². The summed E-state index contributed by atoms with van der Waals surface area (Å²) in [6.45, 7) is 8.00. The molecule has 0 radical (unpaired) electrons. The summed E-state index contributed by atoms with van der Waals surface area (Å²) in [4.78, 5) is 15.0. The van der Waals surface area contributed by atoms with E-state index < -0.39 is 29.3 Å². The number of carboxylic acid groups (broad SMARTS) is 1. The number of ether oxygens (including phenoxy) is 1. The van der Waals surface area contributed by atoms with E-state index in [9.17, 15) is 4.79 Å². The lowest BCUT2D eigenvalue weighted by molar-refractivity contribution is -0.131. The van der Waals surface area contributed by atoms with Gasteiger partial charge < -0.3 is 14.7 Å². The minimum Gasteiger partial charge on any atom is -0.478 e. The quantitative estimate of drug-likeness (QED) is 0.326. The molecule has 1 N–H and O–H groups in total. The zero-order valence-electron chi connectivity index (χ0n) is 23.5. The second-order valence-corrected chi connectivity index (χ2v) is 11.5. The van der Waals surface area contributed by atoms with Crippen LogP contribution in [0.1, 0.15) is 49.1 Å². The smallest absolute Gasteiger partial charge is 0.328 e. The second-order valence-electron chi connectivity index (χ2n) is 11.5. The number of benzene rings is 3. The first kappa shape index (κ1) is 28.9. The van der Waals surface area contributed by atoms with Crippen molar-refractivity contribution in [3.05, 3.63) is 94.6 Å². The molecule has 0 amide bonds. The monoisotopic (exact) mass is 564 g/mol. The fourth-order valence-electron chi connectivity index (χ4n) is 5.92. The van der Waals surface area contributed by atoms with E-state index in [4.69, 9.17) is 9.84 Å². The molecule has 8 heteroatoms. The van der Waals surface area contributed by atoms with Gasteiger partial charge in [-0.05, 0) is 85.4 Å². The maximum atomic E-state index is 15.6. The number of nitrogens with zero attached hydrogens (tertiary/aromatic N) is 2. The number of morpholine rings is 1. The number of rotatable bonds is 7. The molecule has 2 unspecified atom stereocenters. The van der Waals surface area contributed by atoms with Crippen LogP contribution in [0.15, 0.2) is 60.7 Å². The molecule has 0 aliphatic carbocycles. The number of fused-ring (bicyclic) bond motifs is 1. The average molecular weight is 565 g/mol. The maximum Gasteiger partial charge on any atom is 0.328 e. The normalized spacial score (nSPS) is 19.9. The second kappa shape index (κ2) is 11.7. The summed E-state index contributed by atoms with van der Waals surface area (Å²) < 4.78 is 51.7. The van der Waals surface area contributed by atoms with Crippen LogP contribution >= 0.6 is 0 Å². The number of hydrogen-bond acceptors (Lipinski definition) is 4. The van der Waals surface area contributed by atoms with Crippen LogP contribution in [0.25, 0.3) is 17.2 Å². The summed E-state index contributed by atoms with van der Waals surface area (Å²) in [5.41, 5.74) is 3.20. The lowest BCUT2D eigenvalue weighted by Gasteiger charge is -2.44. The standard InChI is InChI=1S/C33H35F3N2O3/c1-21-16-25-19-24(23-5-8-26(9-6-23)37-12-14-41-15-13-37)7-10-27(25)32(38(21)20-33(2,3)36)31-28(34)17-22(18-29(31)35)4-11-30(39)40/h4-11,17-19,21,32H,12-16,20H2,1-3H3,(H,39,40)/b11-4+. The first-order valence-electron chi connectivity index (χ1n) is 13.9. The third-order valence-electron chi connectivity index (χ3n) is 7.78. The molecule has 3 aromatic carbocycles. The predicted octanol–water partition coefficient (Wildman–Crippen LogP) is 6.65. The van der Waals surface area contributed by atoms with Gasteiger partial charge in [-0.25, -0.2) is 18.0 Å². The van der Waals surface area contributed by atoms with Crippen molar-refractivity contribution in [1.29, 1.82) is 0 Å². The number of carbonyl (C=O) groups is 1. The van der Waals surface area contributed by atoms with E-state index in [0.717, 1.165) is 65.3 Å². The van der Waals surface area contributed by atoms with E-state index in [0.29, 0.717) is 19.6 Å².